The quantitative estimate of drug-likeness (QED) is 0.795. The Kier molecular flexibility index (Phi) is 3.33. The van der Waals surface area contributed by atoms with Crippen molar-refractivity contribution in [3.63, 3.8) is 0 Å². The Labute approximate surface area is 82.9 Å². The third-order valence-electron chi connectivity index (χ3n) is 1.49. The van der Waals surface area contributed by atoms with Crippen LogP contribution in [0.3, 0.4) is 0 Å². The van der Waals surface area contributed by atoms with Gasteiger partial charge in [0.15, 0.2) is 6.61 Å². The van der Waals surface area contributed by atoms with Gasteiger partial charge in [0.1, 0.15) is 0 Å². The maximum atomic E-state index is 12.4. The van der Waals surface area contributed by atoms with E-state index in [0.717, 1.165) is 0 Å². The number of hydrogen-bond donors (Lipinski definition) is 1. The van der Waals surface area contributed by atoms with Crippen LogP contribution in [0.1, 0.15) is 0 Å². The van der Waals surface area contributed by atoms with Crippen LogP contribution in [0.25, 0.3) is 0 Å². The smallest absolute Gasteiger partial charge is 0.340 e. The number of halogens is 4. The number of nitrogens with two attached hydrogens (primary N) is 1. The first kappa shape index (κ1) is 11.5. The van der Waals surface area contributed by atoms with Crippen LogP contribution in [0.15, 0.2) is 18.3 Å². The largest absolute Gasteiger partial charge is 0.471 e. The molecule has 0 amide bonds. The van der Waals surface area contributed by atoms with Crippen molar-refractivity contribution in [3.8, 4) is 5.88 Å². The van der Waals surface area contributed by atoms with Gasteiger partial charge in [-0.15, -0.1) is 0 Å². The highest BCUT2D eigenvalue weighted by Crippen LogP contribution is 2.23. The predicted octanol–water partition coefficient (Wildman–Crippen LogP) is 1.94. The molecule has 1 aromatic heterocycles. The molecule has 0 aromatic carbocycles. The molecule has 1 heterocycles. The van der Waals surface area contributed by atoms with Crippen LogP contribution in [-0.2, 0) is 0 Å². The lowest BCUT2D eigenvalue weighted by molar-refractivity contribution is -0.148. The average molecular weight is 224 g/mol. The second-order valence-electron chi connectivity index (χ2n) is 2.78. The second kappa shape index (κ2) is 4.33. The topological polar surface area (TPSA) is 48.1 Å². The lowest BCUT2D eigenvalue weighted by atomic mass is 10.4. The fourth-order valence-corrected chi connectivity index (χ4v) is 0.710. The number of rotatable bonds is 4. The fourth-order valence-electron chi connectivity index (χ4n) is 0.710. The molecule has 3 nitrogen and oxygen atoms in total. The molecule has 7 heteroatoms. The van der Waals surface area contributed by atoms with Crippen LogP contribution in [0, 0.1) is 0 Å². The number of alkyl halides is 4. The highest BCUT2D eigenvalue weighted by Gasteiger charge is 2.41. The van der Waals surface area contributed by atoms with Gasteiger partial charge in [-0.05, 0) is 6.07 Å². The zero-order valence-corrected chi connectivity index (χ0v) is 7.46. The highest BCUT2D eigenvalue weighted by atomic mass is 19.3. The number of aromatic nitrogens is 1. The van der Waals surface area contributed by atoms with Gasteiger partial charge in [0.25, 0.3) is 0 Å². The number of ether oxygens (including phenoxy) is 1. The van der Waals surface area contributed by atoms with Gasteiger partial charge in [-0.2, -0.15) is 8.78 Å². The summed E-state index contributed by atoms with van der Waals surface area (Å²) in [5, 5.41) is 0. The van der Waals surface area contributed by atoms with E-state index in [-0.39, 0.29) is 5.88 Å². The van der Waals surface area contributed by atoms with Gasteiger partial charge in [0.2, 0.25) is 5.88 Å². The maximum Gasteiger partial charge on any atom is 0.340 e. The number of nitrogens with zero attached hydrogens (tertiary/aromatic N) is 1. The summed E-state index contributed by atoms with van der Waals surface area (Å²) in [5.41, 5.74) is 5.59. The van der Waals surface area contributed by atoms with Crippen molar-refractivity contribution in [1.29, 1.82) is 0 Å². The van der Waals surface area contributed by atoms with Crippen LogP contribution in [0.5, 0.6) is 5.88 Å². The zero-order valence-electron chi connectivity index (χ0n) is 7.46. The maximum absolute atomic E-state index is 12.4. The van der Waals surface area contributed by atoms with Crippen LogP contribution in [0.4, 0.5) is 23.2 Å². The van der Waals surface area contributed by atoms with E-state index >= 15 is 0 Å². The SMILES string of the molecule is Nc1ccc(OCC(F)(F)C(F)F)nc1. The van der Waals surface area contributed by atoms with Crippen molar-refractivity contribution < 1.29 is 22.3 Å². The fraction of sp³-hybridized carbons (Fsp3) is 0.375. The molecular formula is C8H8F4N2O. The van der Waals surface area contributed by atoms with Crippen LogP contribution in [0.2, 0.25) is 0 Å². The molecule has 1 rings (SSSR count). The predicted molar refractivity (Wildman–Crippen MR) is 45.1 cm³/mol. The Bertz CT molecular complexity index is 315. The Balaban J connectivity index is 2.54. The van der Waals surface area contributed by atoms with Crippen LogP contribution >= 0.6 is 0 Å². The molecule has 0 saturated carbocycles. The summed E-state index contributed by atoms with van der Waals surface area (Å²) < 4.78 is 52.6. The molecule has 0 fully saturated rings. The van der Waals surface area contributed by atoms with E-state index in [1.807, 2.05) is 0 Å². The van der Waals surface area contributed by atoms with E-state index in [0.29, 0.717) is 5.69 Å². The molecule has 0 atom stereocenters. The summed E-state index contributed by atoms with van der Waals surface area (Å²) in [6, 6.07) is 2.58. The third-order valence-corrected chi connectivity index (χ3v) is 1.49. The van der Waals surface area contributed by atoms with E-state index in [9.17, 15) is 17.6 Å². The molecule has 0 radical (unpaired) electrons. The molecule has 84 valence electrons. The Morgan fingerprint density at radius 2 is 2.07 bits per heavy atom. The first-order valence-corrected chi connectivity index (χ1v) is 3.92. The summed E-state index contributed by atoms with van der Waals surface area (Å²) >= 11 is 0. The van der Waals surface area contributed by atoms with Gasteiger partial charge in [0.05, 0.1) is 11.9 Å². The minimum absolute atomic E-state index is 0.176. The molecule has 0 saturated heterocycles. The molecule has 0 spiro atoms. The Morgan fingerprint density at radius 1 is 1.40 bits per heavy atom. The van der Waals surface area contributed by atoms with Crippen molar-refractivity contribution >= 4 is 5.69 Å². The normalized spacial score (nSPS) is 11.8. The lowest BCUT2D eigenvalue weighted by Crippen LogP contribution is -2.33. The van der Waals surface area contributed by atoms with Crippen LogP contribution < -0.4 is 10.5 Å². The summed E-state index contributed by atoms with van der Waals surface area (Å²) in [7, 11) is 0. The van der Waals surface area contributed by atoms with Gasteiger partial charge in [-0.1, -0.05) is 0 Å². The zero-order chi connectivity index (χ0) is 11.5. The molecule has 0 aliphatic carbocycles. The molecule has 2 N–H and O–H groups in total. The Morgan fingerprint density at radius 3 is 2.53 bits per heavy atom. The molecule has 15 heavy (non-hydrogen) atoms. The minimum Gasteiger partial charge on any atom is -0.471 e. The molecule has 0 aliphatic heterocycles. The molecular weight excluding hydrogens is 216 g/mol. The van der Waals surface area contributed by atoms with Crippen molar-refractivity contribution in [2.45, 2.75) is 12.3 Å². The van der Waals surface area contributed by atoms with Crippen molar-refractivity contribution in [3.05, 3.63) is 18.3 Å². The second-order valence-corrected chi connectivity index (χ2v) is 2.78. The highest BCUT2D eigenvalue weighted by molar-refractivity contribution is 5.35. The van der Waals surface area contributed by atoms with Gasteiger partial charge in [-0.25, -0.2) is 13.8 Å². The average Bonchev–Trinajstić information content (AvgIpc) is 2.17. The van der Waals surface area contributed by atoms with E-state index < -0.39 is 19.0 Å². The molecule has 0 bridgehead atoms. The standard InChI is InChI=1S/C8H8F4N2O/c9-7(10)8(11,12)4-15-6-2-1-5(13)3-14-6/h1-3,7H,4,13H2. The van der Waals surface area contributed by atoms with E-state index in [1.54, 1.807) is 0 Å². The number of pyridine rings is 1. The van der Waals surface area contributed by atoms with Crippen molar-refractivity contribution in [1.82, 2.24) is 4.98 Å². The summed E-state index contributed by atoms with van der Waals surface area (Å²) in [4.78, 5) is 3.52. The minimum atomic E-state index is -4.18. The van der Waals surface area contributed by atoms with Gasteiger partial charge in [0, 0.05) is 6.07 Å². The number of nitrogen functional groups attached to an aromatic ring is 1. The first-order valence-electron chi connectivity index (χ1n) is 3.92. The molecule has 0 aliphatic rings. The van der Waals surface area contributed by atoms with Gasteiger partial charge < -0.3 is 10.5 Å². The Hall–Kier alpha value is -1.53. The number of anilines is 1. The number of hydrogen-bond acceptors (Lipinski definition) is 3. The molecule has 1 aromatic rings. The van der Waals surface area contributed by atoms with Crippen LogP contribution in [-0.4, -0.2) is 23.9 Å². The summed E-state index contributed by atoms with van der Waals surface area (Å²) in [5.74, 6) is -4.35. The lowest BCUT2D eigenvalue weighted by Gasteiger charge is -2.15. The van der Waals surface area contributed by atoms with Crippen molar-refractivity contribution in [2.24, 2.45) is 0 Å². The molecule has 0 unspecified atom stereocenters. The summed E-state index contributed by atoms with van der Waals surface area (Å²) in [6.07, 6.45) is -2.58. The monoisotopic (exact) mass is 224 g/mol. The third kappa shape index (κ3) is 3.26. The first-order chi connectivity index (χ1) is 6.92. The van der Waals surface area contributed by atoms with E-state index in [1.165, 1.54) is 18.3 Å². The van der Waals surface area contributed by atoms with Gasteiger partial charge >= 0.3 is 12.3 Å². The van der Waals surface area contributed by atoms with E-state index in [4.69, 9.17) is 5.73 Å². The summed E-state index contributed by atoms with van der Waals surface area (Å²) in [6.45, 7) is -1.42. The van der Waals surface area contributed by atoms with Crippen molar-refractivity contribution in [2.75, 3.05) is 12.3 Å². The van der Waals surface area contributed by atoms with Gasteiger partial charge in [-0.3, -0.25) is 0 Å². The van der Waals surface area contributed by atoms with E-state index in [2.05, 4.69) is 9.72 Å².